The minimum absolute atomic E-state index is 0.0500. The number of esters is 1. The molecule has 0 radical (unpaired) electrons. The molecular formula is C16H30F2O2S. The van der Waals surface area contributed by atoms with Crippen LogP contribution in [-0.4, -0.2) is 29.5 Å². The Morgan fingerprint density at radius 2 is 1.90 bits per heavy atom. The molecule has 0 aliphatic rings. The Hall–Kier alpha value is -0.320. The summed E-state index contributed by atoms with van der Waals surface area (Å²) < 4.78 is 30.5. The van der Waals surface area contributed by atoms with Gasteiger partial charge in [-0.25, -0.2) is 8.78 Å². The van der Waals surface area contributed by atoms with Gasteiger partial charge in [0, 0.05) is 6.42 Å². The lowest BCUT2D eigenvalue weighted by Crippen LogP contribution is -2.23. The largest absolute Gasteiger partial charge is 0.465 e. The van der Waals surface area contributed by atoms with Crippen LogP contribution >= 0.6 is 11.8 Å². The van der Waals surface area contributed by atoms with Crippen LogP contribution in [0.1, 0.15) is 66.2 Å². The molecule has 0 rings (SSSR count). The van der Waals surface area contributed by atoms with Gasteiger partial charge in [0.1, 0.15) is 5.25 Å². The number of hydrogen-bond acceptors (Lipinski definition) is 3. The van der Waals surface area contributed by atoms with Gasteiger partial charge in [0.2, 0.25) is 5.92 Å². The molecular weight excluding hydrogens is 294 g/mol. The summed E-state index contributed by atoms with van der Waals surface area (Å²) in [6.45, 7) is 7.58. The van der Waals surface area contributed by atoms with Crippen LogP contribution in [0.5, 0.6) is 0 Å². The number of ether oxygens (including phenoxy) is 1. The van der Waals surface area contributed by atoms with Gasteiger partial charge in [0.25, 0.3) is 0 Å². The van der Waals surface area contributed by atoms with Gasteiger partial charge in [0.15, 0.2) is 0 Å². The van der Waals surface area contributed by atoms with E-state index < -0.39 is 5.92 Å². The van der Waals surface area contributed by atoms with Crippen LogP contribution in [0.2, 0.25) is 0 Å². The SMILES string of the molecule is CCCOC(=O)C(CC(C)C)SCCCCCC(C)(F)F. The number of unbranched alkanes of at least 4 members (excludes halogenated alkanes) is 2. The molecule has 0 saturated carbocycles. The van der Waals surface area contributed by atoms with Gasteiger partial charge in [-0.05, 0) is 44.3 Å². The van der Waals surface area contributed by atoms with E-state index in [2.05, 4.69) is 13.8 Å². The van der Waals surface area contributed by atoms with Crippen molar-refractivity contribution in [2.45, 2.75) is 77.4 Å². The van der Waals surface area contributed by atoms with Gasteiger partial charge in [-0.1, -0.05) is 27.2 Å². The number of thioether (sulfide) groups is 1. The van der Waals surface area contributed by atoms with Crippen molar-refractivity contribution in [2.75, 3.05) is 12.4 Å². The van der Waals surface area contributed by atoms with Crippen molar-refractivity contribution in [2.24, 2.45) is 5.92 Å². The van der Waals surface area contributed by atoms with E-state index in [0.717, 1.165) is 38.4 Å². The van der Waals surface area contributed by atoms with E-state index in [9.17, 15) is 13.6 Å². The first-order chi connectivity index (χ1) is 9.76. The first-order valence-electron chi connectivity index (χ1n) is 7.92. The third-order valence-corrected chi connectivity index (χ3v) is 4.29. The molecule has 0 N–H and O–H groups in total. The maximum absolute atomic E-state index is 12.7. The van der Waals surface area contributed by atoms with Crippen molar-refractivity contribution in [1.29, 1.82) is 0 Å². The summed E-state index contributed by atoms with van der Waals surface area (Å²) in [5, 5.41) is -0.121. The number of carbonyl (C=O) groups is 1. The molecule has 0 aliphatic heterocycles. The minimum atomic E-state index is -2.56. The van der Waals surface area contributed by atoms with Gasteiger partial charge in [-0.3, -0.25) is 4.79 Å². The van der Waals surface area contributed by atoms with Crippen LogP contribution < -0.4 is 0 Å². The highest BCUT2D eigenvalue weighted by Crippen LogP contribution is 2.24. The molecule has 0 aromatic heterocycles. The molecule has 1 atom stereocenters. The smallest absolute Gasteiger partial charge is 0.319 e. The molecule has 0 aromatic carbocycles. The molecule has 0 fully saturated rings. The second-order valence-corrected chi connectivity index (χ2v) is 7.35. The number of alkyl halides is 2. The molecule has 21 heavy (non-hydrogen) atoms. The van der Waals surface area contributed by atoms with E-state index in [0.29, 0.717) is 18.9 Å². The third kappa shape index (κ3) is 13.1. The van der Waals surface area contributed by atoms with E-state index in [1.54, 1.807) is 11.8 Å². The number of rotatable bonds is 12. The summed E-state index contributed by atoms with van der Waals surface area (Å²) in [7, 11) is 0. The van der Waals surface area contributed by atoms with Gasteiger partial charge >= 0.3 is 5.97 Å². The van der Waals surface area contributed by atoms with Crippen LogP contribution in [0, 0.1) is 5.92 Å². The summed E-state index contributed by atoms with van der Waals surface area (Å²) in [6.07, 6.45) is 3.78. The standard InChI is InChI=1S/C16H30F2O2S/c1-5-10-20-15(19)14(12-13(2)3)21-11-8-6-7-9-16(4,17)18/h13-14H,5-12H2,1-4H3. The molecule has 0 bridgehead atoms. The molecule has 126 valence electrons. The number of hydrogen-bond donors (Lipinski definition) is 0. The maximum Gasteiger partial charge on any atom is 0.319 e. The zero-order chi connectivity index (χ0) is 16.3. The van der Waals surface area contributed by atoms with Crippen LogP contribution in [0.25, 0.3) is 0 Å². The Morgan fingerprint density at radius 1 is 1.24 bits per heavy atom. The maximum atomic E-state index is 12.7. The van der Waals surface area contributed by atoms with Crippen molar-refractivity contribution in [3.63, 3.8) is 0 Å². The average molecular weight is 324 g/mol. The second-order valence-electron chi connectivity index (χ2n) is 6.04. The van der Waals surface area contributed by atoms with Gasteiger partial charge in [-0.15, -0.1) is 11.8 Å². The van der Waals surface area contributed by atoms with Crippen molar-refractivity contribution in [1.82, 2.24) is 0 Å². The predicted molar refractivity (Wildman–Crippen MR) is 86.0 cm³/mol. The van der Waals surface area contributed by atoms with Gasteiger partial charge in [0.05, 0.1) is 6.61 Å². The highest BCUT2D eigenvalue weighted by Gasteiger charge is 2.22. The van der Waals surface area contributed by atoms with E-state index in [1.807, 2.05) is 6.92 Å². The van der Waals surface area contributed by atoms with Gasteiger partial charge < -0.3 is 4.74 Å². The van der Waals surface area contributed by atoms with E-state index in [1.165, 1.54) is 0 Å². The van der Waals surface area contributed by atoms with Crippen LogP contribution in [-0.2, 0) is 9.53 Å². The van der Waals surface area contributed by atoms with Crippen LogP contribution in [0.3, 0.4) is 0 Å². The lowest BCUT2D eigenvalue weighted by molar-refractivity contribution is -0.143. The zero-order valence-corrected chi connectivity index (χ0v) is 14.6. The molecule has 1 unspecified atom stereocenters. The zero-order valence-electron chi connectivity index (χ0n) is 13.8. The molecule has 0 amide bonds. The highest BCUT2D eigenvalue weighted by atomic mass is 32.2. The third-order valence-electron chi connectivity index (χ3n) is 2.98. The Morgan fingerprint density at radius 3 is 2.43 bits per heavy atom. The summed E-state index contributed by atoms with van der Waals surface area (Å²) in [6, 6.07) is 0. The van der Waals surface area contributed by atoms with Crippen molar-refractivity contribution in [3.8, 4) is 0 Å². The van der Waals surface area contributed by atoms with Crippen LogP contribution in [0.15, 0.2) is 0 Å². The molecule has 0 aromatic rings. The molecule has 0 spiro atoms. The first kappa shape index (κ1) is 20.7. The van der Waals surface area contributed by atoms with Crippen molar-refractivity contribution in [3.05, 3.63) is 0 Å². The van der Waals surface area contributed by atoms with E-state index in [-0.39, 0.29) is 17.6 Å². The Kier molecular flexibility index (Phi) is 11.1. The van der Waals surface area contributed by atoms with Crippen molar-refractivity contribution < 1.29 is 18.3 Å². The summed E-state index contributed by atoms with van der Waals surface area (Å²) in [5.41, 5.74) is 0. The van der Waals surface area contributed by atoms with Crippen LogP contribution in [0.4, 0.5) is 8.78 Å². The fraction of sp³-hybridized carbons (Fsp3) is 0.938. The topological polar surface area (TPSA) is 26.3 Å². The quantitative estimate of drug-likeness (QED) is 0.360. The van der Waals surface area contributed by atoms with Gasteiger partial charge in [-0.2, -0.15) is 0 Å². The second kappa shape index (κ2) is 11.3. The fourth-order valence-electron chi connectivity index (χ4n) is 1.90. The monoisotopic (exact) mass is 324 g/mol. The van der Waals surface area contributed by atoms with E-state index in [4.69, 9.17) is 4.74 Å². The first-order valence-corrected chi connectivity index (χ1v) is 8.97. The Labute approximate surface area is 132 Å². The molecule has 2 nitrogen and oxygen atoms in total. The molecule has 0 saturated heterocycles. The number of carbonyl (C=O) groups excluding carboxylic acids is 1. The fourth-order valence-corrected chi connectivity index (χ4v) is 3.28. The molecule has 0 aliphatic carbocycles. The Balaban J connectivity index is 3.93. The molecule has 0 heterocycles. The minimum Gasteiger partial charge on any atom is -0.465 e. The predicted octanol–water partition coefficient (Wildman–Crippen LogP) is 5.30. The Bertz CT molecular complexity index is 278. The lowest BCUT2D eigenvalue weighted by atomic mass is 10.1. The number of halogens is 2. The van der Waals surface area contributed by atoms with E-state index >= 15 is 0 Å². The normalized spacial score (nSPS) is 13.5. The lowest BCUT2D eigenvalue weighted by Gasteiger charge is -2.17. The summed E-state index contributed by atoms with van der Waals surface area (Å²) >= 11 is 1.60. The molecule has 5 heteroatoms. The summed E-state index contributed by atoms with van der Waals surface area (Å²) in [5.74, 6) is -1.42. The average Bonchev–Trinajstić information content (AvgIpc) is 2.36. The highest BCUT2D eigenvalue weighted by molar-refractivity contribution is 8.00. The van der Waals surface area contributed by atoms with Crippen molar-refractivity contribution >= 4 is 17.7 Å². The summed E-state index contributed by atoms with van der Waals surface area (Å²) in [4.78, 5) is 11.9.